The second-order valence-corrected chi connectivity index (χ2v) is 7.05. The van der Waals surface area contributed by atoms with Crippen molar-refractivity contribution in [2.24, 2.45) is 5.92 Å². The molecule has 1 aliphatic rings. The Labute approximate surface area is 161 Å². The van der Waals surface area contributed by atoms with Crippen LogP contribution in [0, 0.1) is 5.92 Å². The maximum absolute atomic E-state index is 12.1. The first-order chi connectivity index (χ1) is 12.9. The smallest absolute Gasteiger partial charge is 0.319 e. The van der Waals surface area contributed by atoms with Gasteiger partial charge in [-0.3, -0.25) is 4.79 Å². The Morgan fingerprint density at radius 1 is 1.41 bits per heavy atom. The molecule has 1 aromatic rings. The van der Waals surface area contributed by atoms with E-state index in [9.17, 15) is 9.59 Å². The molecule has 1 unspecified atom stereocenters. The van der Waals surface area contributed by atoms with Crippen LogP contribution >= 0.6 is 0 Å². The van der Waals surface area contributed by atoms with Crippen LogP contribution in [0.1, 0.15) is 34.8 Å². The fourth-order valence-corrected chi connectivity index (χ4v) is 3.01. The number of rotatable bonds is 10. The highest BCUT2D eigenvalue weighted by Gasteiger charge is 2.24. The average Bonchev–Trinajstić information content (AvgIpc) is 2.90. The maximum atomic E-state index is 12.1. The van der Waals surface area contributed by atoms with Gasteiger partial charge in [-0.05, 0) is 36.6 Å². The fourth-order valence-electron chi connectivity index (χ4n) is 3.01. The molecule has 27 heavy (non-hydrogen) atoms. The van der Waals surface area contributed by atoms with Crippen LogP contribution in [-0.2, 0) is 17.8 Å². The van der Waals surface area contributed by atoms with E-state index in [4.69, 9.17) is 4.74 Å². The molecule has 0 bridgehead atoms. The first-order valence-electron chi connectivity index (χ1n) is 9.23. The van der Waals surface area contributed by atoms with Crippen LogP contribution < -0.4 is 16.0 Å². The van der Waals surface area contributed by atoms with Gasteiger partial charge in [-0.15, -0.1) is 0 Å². The minimum atomic E-state index is -0.281. The minimum Gasteiger partial charge on any atom is -0.380 e. The number of amides is 3. The second kappa shape index (κ2) is 10.1. The van der Waals surface area contributed by atoms with Crippen molar-refractivity contribution >= 4 is 11.9 Å². The molecule has 0 saturated carbocycles. The number of carbonyl (C=O) groups excluding carboxylic acids is 2. The van der Waals surface area contributed by atoms with E-state index < -0.39 is 0 Å². The van der Waals surface area contributed by atoms with E-state index in [-0.39, 0.29) is 17.9 Å². The van der Waals surface area contributed by atoms with Crippen molar-refractivity contribution in [2.45, 2.75) is 26.4 Å². The monoisotopic (exact) mass is 374 g/mol. The molecule has 3 amide bonds. The summed E-state index contributed by atoms with van der Waals surface area (Å²) in [7, 11) is 3.67. The van der Waals surface area contributed by atoms with Crippen molar-refractivity contribution in [1.82, 2.24) is 20.9 Å². The molecule has 1 aromatic carbocycles. The Morgan fingerprint density at radius 2 is 2.19 bits per heavy atom. The van der Waals surface area contributed by atoms with E-state index >= 15 is 0 Å². The first-order valence-corrected chi connectivity index (χ1v) is 9.23. The van der Waals surface area contributed by atoms with Gasteiger partial charge in [-0.2, -0.15) is 0 Å². The van der Waals surface area contributed by atoms with Crippen LogP contribution in [0.25, 0.3) is 0 Å². The van der Waals surface area contributed by atoms with Crippen LogP contribution in [0.2, 0.25) is 0 Å². The number of fused-ring (bicyclic) bond motifs is 1. The Morgan fingerprint density at radius 3 is 2.93 bits per heavy atom. The number of benzene rings is 1. The summed E-state index contributed by atoms with van der Waals surface area (Å²) in [6.07, 6.45) is 0.667. The summed E-state index contributed by atoms with van der Waals surface area (Å²) in [5.74, 6) is 0.323. The molecule has 3 N–H and O–H groups in total. The first kappa shape index (κ1) is 20.9. The second-order valence-electron chi connectivity index (χ2n) is 7.05. The van der Waals surface area contributed by atoms with Crippen molar-refractivity contribution in [1.29, 1.82) is 0 Å². The molecular weight excluding hydrogens is 344 g/mol. The Bertz CT molecular complexity index is 690. The summed E-state index contributed by atoms with van der Waals surface area (Å²) in [6, 6.07) is 5.38. The van der Waals surface area contributed by atoms with E-state index in [1.807, 2.05) is 25.2 Å². The predicted molar refractivity (Wildman–Crippen MR) is 105 cm³/mol. The lowest BCUT2D eigenvalue weighted by atomic mass is 10.1. The molecule has 1 aliphatic heterocycles. The van der Waals surface area contributed by atoms with Gasteiger partial charge in [0, 0.05) is 44.5 Å². The molecule has 7 heteroatoms. The van der Waals surface area contributed by atoms with E-state index in [0.29, 0.717) is 38.4 Å². The van der Waals surface area contributed by atoms with Crippen molar-refractivity contribution in [3.05, 3.63) is 47.2 Å². The average molecular weight is 374 g/mol. The predicted octanol–water partition coefficient (Wildman–Crippen LogP) is 1.85. The van der Waals surface area contributed by atoms with Crippen molar-refractivity contribution in [3.8, 4) is 0 Å². The molecule has 7 nitrogen and oxygen atoms in total. The SMILES string of the molecule is C=C(CC(C)COCCNC)NC(=O)NCc1ccc2c(c1)CN(C)C2=O. The maximum Gasteiger partial charge on any atom is 0.319 e. The summed E-state index contributed by atoms with van der Waals surface area (Å²) >= 11 is 0. The van der Waals surface area contributed by atoms with Gasteiger partial charge in [0.1, 0.15) is 0 Å². The number of nitrogens with one attached hydrogen (secondary N) is 3. The van der Waals surface area contributed by atoms with Crippen molar-refractivity contribution in [2.75, 3.05) is 33.9 Å². The van der Waals surface area contributed by atoms with E-state index in [1.165, 1.54) is 0 Å². The third-order valence-electron chi connectivity index (χ3n) is 4.39. The van der Waals surface area contributed by atoms with Gasteiger partial charge in [0.05, 0.1) is 6.61 Å². The van der Waals surface area contributed by atoms with Crippen LogP contribution in [0.4, 0.5) is 4.79 Å². The molecular formula is C20H30N4O3. The van der Waals surface area contributed by atoms with E-state index in [1.54, 1.807) is 11.9 Å². The van der Waals surface area contributed by atoms with Gasteiger partial charge in [-0.25, -0.2) is 4.79 Å². The fraction of sp³-hybridized carbons (Fsp3) is 0.500. The number of hydrogen-bond acceptors (Lipinski definition) is 4. The van der Waals surface area contributed by atoms with Gasteiger partial charge < -0.3 is 25.6 Å². The molecule has 0 aromatic heterocycles. The summed E-state index contributed by atoms with van der Waals surface area (Å²) in [5, 5.41) is 8.63. The lowest BCUT2D eigenvalue weighted by Crippen LogP contribution is -2.34. The van der Waals surface area contributed by atoms with Gasteiger partial charge in [0.25, 0.3) is 5.91 Å². The number of nitrogens with zero attached hydrogens (tertiary/aromatic N) is 1. The van der Waals surface area contributed by atoms with Gasteiger partial charge in [0.15, 0.2) is 0 Å². The highest BCUT2D eigenvalue weighted by atomic mass is 16.5. The third-order valence-corrected chi connectivity index (χ3v) is 4.39. The topological polar surface area (TPSA) is 82.7 Å². The number of likely N-dealkylation sites (N-methyl/N-ethyl adjacent to an activating group) is 1. The quantitative estimate of drug-likeness (QED) is 0.546. The normalized spacial score (nSPS) is 14.0. The Balaban J connectivity index is 1.71. The summed E-state index contributed by atoms with van der Waals surface area (Å²) in [4.78, 5) is 25.6. The number of ether oxygens (including phenoxy) is 1. The number of carbonyl (C=O) groups is 2. The van der Waals surface area contributed by atoms with E-state index in [0.717, 1.165) is 23.2 Å². The van der Waals surface area contributed by atoms with Crippen LogP contribution in [0.15, 0.2) is 30.5 Å². The lowest BCUT2D eigenvalue weighted by molar-refractivity contribution is 0.0816. The zero-order valence-electron chi connectivity index (χ0n) is 16.4. The van der Waals surface area contributed by atoms with Crippen LogP contribution in [0.5, 0.6) is 0 Å². The number of hydrogen-bond donors (Lipinski definition) is 3. The van der Waals surface area contributed by atoms with Crippen LogP contribution in [-0.4, -0.2) is 50.7 Å². The van der Waals surface area contributed by atoms with Gasteiger partial charge in [0.2, 0.25) is 0 Å². The minimum absolute atomic E-state index is 0.0441. The van der Waals surface area contributed by atoms with Gasteiger partial charge in [-0.1, -0.05) is 25.6 Å². The molecule has 2 rings (SSSR count). The molecule has 1 atom stereocenters. The zero-order chi connectivity index (χ0) is 19.8. The number of allylic oxidation sites excluding steroid dienone is 1. The Kier molecular flexibility index (Phi) is 7.82. The summed E-state index contributed by atoms with van der Waals surface area (Å²) in [6.45, 7) is 9.11. The standard InChI is InChI=1S/C20H30N4O3/c1-14(13-27-8-7-21-3)9-15(2)23-20(26)22-11-16-5-6-18-17(10-16)12-24(4)19(18)25/h5-6,10,14,21H,2,7-9,11-13H2,1,3-4H3,(H2,22,23,26). The third kappa shape index (κ3) is 6.37. The molecule has 0 saturated heterocycles. The van der Waals surface area contributed by atoms with Crippen molar-refractivity contribution in [3.63, 3.8) is 0 Å². The molecule has 0 aliphatic carbocycles. The molecule has 1 heterocycles. The molecule has 0 radical (unpaired) electrons. The summed E-state index contributed by atoms with van der Waals surface area (Å²) in [5.41, 5.74) is 3.37. The van der Waals surface area contributed by atoms with Crippen molar-refractivity contribution < 1.29 is 14.3 Å². The highest BCUT2D eigenvalue weighted by molar-refractivity contribution is 5.98. The molecule has 0 fully saturated rings. The summed E-state index contributed by atoms with van der Waals surface area (Å²) < 4.78 is 5.54. The highest BCUT2D eigenvalue weighted by Crippen LogP contribution is 2.22. The van der Waals surface area contributed by atoms with E-state index in [2.05, 4.69) is 29.5 Å². The lowest BCUT2D eigenvalue weighted by Gasteiger charge is -2.15. The molecule has 0 spiro atoms. The number of urea groups is 1. The largest absolute Gasteiger partial charge is 0.380 e. The molecule has 148 valence electrons. The van der Waals surface area contributed by atoms with Crippen LogP contribution in [0.3, 0.4) is 0 Å². The zero-order valence-corrected chi connectivity index (χ0v) is 16.4. The van der Waals surface area contributed by atoms with Gasteiger partial charge >= 0.3 is 6.03 Å². The Hall–Kier alpha value is -2.38.